The zero-order chi connectivity index (χ0) is 13.7. The molecular formula is C14H9N3O2S. The summed E-state index contributed by atoms with van der Waals surface area (Å²) in [5, 5.41) is 5.00. The molecule has 0 amide bonds. The minimum Gasteiger partial charge on any atom is -0.422 e. The lowest BCUT2D eigenvalue weighted by Crippen LogP contribution is -2.02. The molecule has 4 rings (SSSR count). The van der Waals surface area contributed by atoms with Gasteiger partial charge in [-0.3, -0.25) is 0 Å². The first-order chi connectivity index (χ1) is 9.70. The van der Waals surface area contributed by atoms with Crippen LogP contribution < -0.4 is 5.63 Å². The molecule has 3 heterocycles. The zero-order valence-corrected chi connectivity index (χ0v) is 11.3. The number of imidazole rings is 1. The second-order valence-electron chi connectivity index (χ2n) is 4.58. The molecule has 0 aliphatic heterocycles. The van der Waals surface area contributed by atoms with Crippen LogP contribution in [0.4, 0.5) is 0 Å². The Morgan fingerprint density at radius 1 is 1.30 bits per heavy atom. The summed E-state index contributed by atoms with van der Waals surface area (Å²) in [4.78, 5) is 17.2. The van der Waals surface area contributed by atoms with Crippen molar-refractivity contribution in [3.8, 4) is 11.3 Å². The van der Waals surface area contributed by atoms with E-state index in [0.717, 1.165) is 15.9 Å². The quantitative estimate of drug-likeness (QED) is 0.504. The van der Waals surface area contributed by atoms with Gasteiger partial charge >= 0.3 is 5.63 Å². The van der Waals surface area contributed by atoms with Crippen LogP contribution in [-0.4, -0.2) is 14.6 Å². The largest absolute Gasteiger partial charge is 0.422 e. The third kappa shape index (κ3) is 1.65. The minimum atomic E-state index is -0.382. The van der Waals surface area contributed by atoms with Gasteiger partial charge in [-0.2, -0.15) is 5.10 Å². The van der Waals surface area contributed by atoms with E-state index >= 15 is 0 Å². The topological polar surface area (TPSA) is 60.4 Å². The van der Waals surface area contributed by atoms with Crippen LogP contribution in [0.25, 0.3) is 27.2 Å². The Hall–Kier alpha value is -2.47. The lowest BCUT2D eigenvalue weighted by Gasteiger charge is -2.00. The summed E-state index contributed by atoms with van der Waals surface area (Å²) in [7, 11) is 0. The lowest BCUT2D eigenvalue weighted by molar-refractivity contribution is 0.563. The summed E-state index contributed by atoms with van der Waals surface area (Å²) >= 11 is 1.42. The predicted octanol–water partition coefficient (Wildman–Crippen LogP) is 2.87. The maximum Gasteiger partial charge on any atom is 0.345 e. The van der Waals surface area contributed by atoms with Crippen LogP contribution in [0.5, 0.6) is 0 Å². The Morgan fingerprint density at radius 3 is 3.05 bits per heavy atom. The van der Waals surface area contributed by atoms with E-state index in [1.807, 2.05) is 31.2 Å². The maximum atomic E-state index is 12.1. The minimum absolute atomic E-state index is 0.382. The van der Waals surface area contributed by atoms with Gasteiger partial charge in [0.2, 0.25) is 4.96 Å². The van der Waals surface area contributed by atoms with E-state index in [-0.39, 0.29) is 5.63 Å². The van der Waals surface area contributed by atoms with Crippen molar-refractivity contribution in [1.29, 1.82) is 0 Å². The summed E-state index contributed by atoms with van der Waals surface area (Å²) in [5.41, 5.74) is 4.07. The zero-order valence-electron chi connectivity index (χ0n) is 10.5. The summed E-state index contributed by atoms with van der Waals surface area (Å²) in [6.45, 7) is 2.00. The van der Waals surface area contributed by atoms with E-state index in [2.05, 4.69) is 10.1 Å². The fourth-order valence-corrected chi connectivity index (χ4v) is 2.79. The Morgan fingerprint density at radius 2 is 2.20 bits per heavy atom. The van der Waals surface area contributed by atoms with Gasteiger partial charge in [0.25, 0.3) is 0 Å². The van der Waals surface area contributed by atoms with Crippen molar-refractivity contribution in [2.45, 2.75) is 6.92 Å². The molecule has 0 radical (unpaired) electrons. The second-order valence-corrected chi connectivity index (χ2v) is 5.39. The molecule has 0 unspecified atom stereocenters. The van der Waals surface area contributed by atoms with Gasteiger partial charge in [-0.05, 0) is 25.1 Å². The molecule has 5 nitrogen and oxygen atoms in total. The molecule has 0 fully saturated rings. The van der Waals surface area contributed by atoms with Gasteiger partial charge in [0.05, 0.1) is 17.5 Å². The van der Waals surface area contributed by atoms with Crippen LogP contribution in [0.3, 0.4) is 0 Å². The molecule has 0 atom stereocenters. The van der Waals surface area contributed by atoms with Crippen LogP contribution in [-0.2, 0) is 0 Å². The number of hydrogen-bond donors (Lipinski definition) is 0. The van der Waals surface area contributed by atoms with Crippen molar-refractivity contribution in [1.82, 2.24) is 14.6 Å². The van der Waals surface area contributed by atoms with E-state index in [9.17, 15) is 4.79 Å². The number of aromatic nitrogens is 3. The number of hydrogen-bond acceptors (Lipinski definition) is 5. The summed E-state index contributed by atoms with van der Waals surface area (Å²) in [6.07, 6.45) is 1.74. The molecule has 1 aromatic carbocycles. The highest BCUT2D eigenvalue weighted by Gasteiger charge is 2.12. The summed E-state index contributed by atoms with van der Waals surface area (Å²) < 4.78 is 7.01. The van der Waals surface area contributed by atoms with Crippen LogP contribution in [0, 0.1) is 6.92 Å². The number of rotatable bonds is 1. The molecule has 0 N–H and O–H groups in total. The average Bonchev–Trinajstić information content (AvgIpc) is 2.99. The fraction of sp³-hybridized carbons (Fsp3) is 0.0714. The van der Waals surface area contributed by atoms with Gasteiger partial charge in [-0.25, -0.2) is 14.3 Å². The maximum absolute atomic E-state index is 12.1. The van der Waals surface area contributed by atoms with Gasteiger partial charge in [0.1, 0.15) is 11.1 Å². The first-order valence-electron chi connectivity index (χ1n) is 6.04. The fourth-order valence-electron chi connectivity index (χ4n) is 2.19. The molecule has 0 spiro atoms. The first kappa shape index (κ1) is 11.4. The van der Waals surface area contributed by atoms with E-state index < -0.39 is 0 Å². The van der Waals surface area contributed by atoms with Crippen LogP contribution >= 0.6 is 11.3 Å². The van der Waals surface area contributed by atoms with Crippen molar-refractivity contribution in [2.75, 3.05) is 0 Å². The molecule has 20 heavy (non-hydrogen) atoms. The highest BCUT2D eigenvalue weighted by Crippen LogP contribution is 2.22. The van der Waals surface area contributed by atoms with Gasteiger partial charge < -0.3 is 4.42 Å². The van der Waals surface area contributed by atoms with Gasteiger partial charge in [-0.1, -0.05) is 23.0 Å². The van der Waals surface area contributed by atoms with Crippen LogP contribution in [0.2, 0.25) is 0 Å². The molecule has 98 valence electrons. The monoisotopic (exact) mass is 283 g/mol. The lowest BCUT2D eigenvalue weighted by atomic mass is 10.1. The van der Waals surface area contributed by atoms with Crippen molar-refractivity contribution >= 4 is 27.3 Å². The molecule has 0 aliphatic carbocycles. The highest BCUT2D eigenvalue weighted by molar-refractivity contribution is 7.14. The van der Waals surface area contributed by atoms with Gasteiger partial charge in [-0.15, -0.1) is 0 Å². The Kier molecular flexibility index (Phi) is 2.28. The smallest absolute Gasteiger partial charge is 0.345 e. The summed E-state index contributed by atoms with van der Waals surface area (Å²) in [6, 6.07) is 7.53. The number of nitrogens with zero attached hydrogens (tertiary/aromatic N) is 3. The molecular weight excluding hydrogens is 274 g/mol. The highest BCUT2D eigenvalue weighted by atomic mass is 32.1. The number of aryl methyl sites for hydroxylation is 1. The van der Waals surface area contributed by atoms with E-state index in [1.54, 1.807) is 16.2 Å². The number of fused-ring (bicyclic) bond motifs is 2. The van der Waals surface area contributed by atoms with Crippen LogP contribution in [0.1, 0.15) is 5.56 Å². The van der Waals surface area contributed by atoms with Gasteiger partial charge in [0.15, 0.2) is 0 Å². The molecule has 6 heteroatoms. The van der Waals surface area contributed by atoms with Crippen molar-refractivity contribution in [3.05, 3.63) is 52.0 Å². The molecule has 3 aromatic heterocycles. The third-order valence-electron chi connectivity index (χ3n) is 3.15. The third-order valence-corrected chi connectivity index (χ3v) is 3.84. The predicted molar refractivity (Wildman–Crippen MR) is 77.1 cm³/mol. The standard InChI is InChI=1S/C14H9N3O2S/c1-8-2-3-12-9(4-8)5-10(13(18)19-12)11-6-17-14(16-11)20-7-15-17/h2-7H,1H3. The number of benzene rings is 1. The van der Waals surface area contributed by atoms with Crippen molar-refractivity contribution < 1.29 is 4.42 Å². The Balaban J connectivity index is 2.00. The van der Waals surface area contributed by atoms with E-state index in [0.29, 0.717) is 16.8 Å². The second kappa shape index (κ2) is 4.01. The van der Waals surface area contributed by atoms with E-state index in [4.69, 9.17) is 4.42 Å². The molecule has 0 saturated heterocycles. The molecule has 0 aliphatic rings. The summed E-state index contributed by atoms with van der Waals surface area (Å²) in [5.74, 6) is 0. The first-order valence-corrected chi connectivity index (χ1v) is 6.92. The Labute approximate surface area is 117 Å². The van der Waals surface area contributed by atoms with E-state index in [1.165, 1.54) is 11.3 Å². The van der Waals surface area contributed by atoms with Crippen molar-refractivity contribution in [2.24, 2.45) is 0 Å². The van der Waals surface area contributed by atoms with Crippen molar-refractivity contribution in [3.63, 3.8) is 0 Å². The average molecular weight is 283 g/mol. The van der Waals surface area contributed by atoms with Gasteiger partial charge in [0, 0.05) is 5.39 Å². The molecule has 0 bridgehead atoms. The molecule has 0 saturated carbocycles. The van der Waals surface area contributed by atoms with Crippen LogP contribution in [0.15, 0.2) is 45.2 Å². The Bertz CT molecular complexity index is 968. The molecule has 4 aromatic rings. The normalized spacial score (nSPS) is 11.4. The SMILES string of the molecule is Cc1ccc2oc(=O)c(-c3cn4ncsc4n3)cc2c1.